The quantitative estimate of drug-likeness (QED) is 0.639. The summed E-state index contributed by atoms with van der Waals surface area (Å²) in [5.41, 5.74) is 0.727. The number of hydrogen-bond acceptors (Lipinski definition) is 6. The van der Waals surface area contributed by atoms with Crippen molar-refractivity contribution in [3.63, 3.8) is 0 Å². The van der Waals surface area contributed by atoms with Crippen LogP contribution in [0.4, 0.5) is 5.69 Å². The van der Waals surface area contributed by atoms with Crippen molar-refractivity contribution in [3.05, 3.63) is 42.0 Å². The molecule has 0 aromatic heterocycles. The van der Waals surface area contributed by atoms with Crippen LogP contribution in [-0.2, 0) is 10.0 Å². The Morgan fingerprint density at radius 3 is 2.09 bits per heavy atom. The minimum absolute atomic E-state index is 0.0330. The fraction of sp³-hybridized carbons (Fsp3) is 0.435. The van der Waals surface area contributed by atoms with Crippen LogP contribution in [0, 0.1) is 0 Å². The van der Waals surface area contributed by atoms with Crippen LogP contribution in [-0.4, -0.2) is 53.0 Å². The molecular weight excluding hydrogens is 432 g/mol. The van der Waals surface area contributed by atoms with Crippen molar-refractivity contribution in [1.82, 2.24) is 4.31 Å². The van der Waals surface area contributed by atoms with E-state index >= 15 is 0 Å². The van der Waals surface area contributed by atoms with E-state index in [-0.39, 0.29) is 22.3 Å². The average molecular weight is 463 g/mol. The smallest absolute Gasteiger partial charge is 0.259 e. The summed E-state index contributed by atoms with van der Waals surface area (Å²) in [5, 5.41) is 2.77. The molecule has 1 aliphatic rings. The number of carbonyl (C=O) groups excluding carboxylic acids is 1. The van der Waals surface area contributed by atoms with Crippen molar-refractivity contribution in [2.24, 2.45) is 0 Å². The van der Waals surface area contributed by atoms with Crippen LogP contribution in [0.3, 0.4) is 0 Å². The Bertz CT molecular complexity index is 1050. The highest BCUT2D eigenvalue weighted by molar-refractivity contribution is 7.89. The van der Waals surface area contributed by atoms with E-state index in [0.717, 1.165) is 32.1 Å². The lowest BCUT2D eigenvalue weighted by atomic mass is 9.96. The zero-order valence-corrected chi connectivity index (χ0v) is 19.7. The summed E-state index contributed by atoms with van der Waals surface area (Å²) in [6.07, 6.45) is 5.03. The molecule has 9 heteroatoms. The lowest BCUT2D eigenvalue weighted by Crippen LogP contribution is -2.38. The Kier molecular flexibility index (Phi) is 7.63. The van der Waals surface area contributed by atoms with E-state index in [4.69, 9.17) is 14.2 Å². The molecule has 8 nitrogen and oxygen atoms in total. The van der Waals surface area contributed by atoms with Crippen molar-refractivity contribution < 1.29 is 27.4 Å². The molecule has 1 amide bonds. The van der Waals surface area contributed by atoms with Gasteiger partial charge in [0.2, 0.25) is 15.8 Å². The summed E-state index contributed by atoms with van der Waals surface area (Å²) >= 11 is 0. The molecule has 0 atom stereocenters. The third-order valence-electron chi connectivity index (χ3n) is 5.83. The molecule has 0 bridgehead atoms. The lowest BCUT2D eigenvalue weighted by Gasteiger charge is -2.30. The number of ether oxygens (including phenoxy) is 3. The van der Waals surface area contributed by atoms with Crippen molar-refractivity contribution >= 4 is 21.6 Å². The van der Waals surface area contributed by atoms with Crippen molar-refractivity contribution in [1.29, 1.82) is 0 Å². The number of sulfonamides is 1. The average Bonchev–Trinajstić information content (AvgIpc) is 2.83. The number of nitrogens with zero attached hydrogens (tertiary/aromatic N) is 1. The molecule has 2 aromatic rings. The molecule has 1 fully saturated rings. The number of amides is 1. The molecule has 0 aliphatic heterocycles. The van der Waals surface area contributed by atoms with E-state index in [1.807, 2.05) is 0 Å². The number of nitrogens with one attached hydrogen (secondary N) is 1. The molecular formula is C23H30N2O6S. The Labute approximate surface area is 189 Å². The van der Waals surface area contributed by atoms with Crippen LogP contribution in [0.5, 0.6) is 17.2 Å². The van der Waals surface area contributed by atoms with Crippen LogP contribution >= 0.6 is 0 Å². The van der Waals surface area contributed by atoms with Crippen molar-refractivity contribution in [2.75, 3.05) is 33.7 Å². The second kappa shape index (κ2) is 10.2. The van der Waals surface area contributed by atoms with E-state index in [1.165, 1.54) is 37.8 Å². The third kappa shape index (κ3) is 4.83. The number of benzene rings is 2. The molecule has 0 heterocycles. The largest absolute Gasteiger partial charge is 0.493 e. The van der Waals surface area contributed by atoms with Gasteiger partial charge in [-0.05, 0) is 49.2 Å². The minimum atomic E-state index is -3.59. The van der Waals surface area contributed by atoms with E-state index in [0.29, 0.717) is 17.2 Å². The summed E-state index contributed by atoms with van der Waals surface area (Å²) in [6, 6.07) is 9.40. The summed E-state index contributed by atoms with van der Waals surface area (Å²) in [4.78, 5) is 13.0. The maximum atomic E-state index is 13.0. The fourth-order valence-electron chi connectivity index (χ4n) is 4.00. The van der Waals surface area contributed by atoms with Gasteiger partial charge in [-0.3, -0.25) is 4.79 Å². The lowest BCUT2D eigenvalue weighted by molar-refractivity contribution is 0.102. The molecule has 2 aromatic carbocycles. The molecule has 3 rings (SSSR count). The zero-order valence-electron chi connectivity index (χ0n) is 18.9. The standard InChI is InChI=1S/C23H30N2O6S/c1-25(17-8-6-5-7-9-17)32(27,28)18-12-10-16(11-13-18)24-23(26)19-14-15-20(29-2)22(31-4)21(19)30-3/h10-15,17H,5-9H2,1-4H3,(H,24,26). The molecule has 0 saturated heterocycles. The topological polar surface area (TPSA) is 94.2 Å². The molecule has 1 N–H and O–H groups in total. The number of carbonyl (C=O) groups is 1. The van der Waals surface area contributed by atoms with Gasteiger partial charge in [-0.2, -0.15) is 4.31 Å². The highest BCUT2D eigenvalue weighted by Crippen LogP contribution is 2.40. The van der Waals surface area contributed by atoms with Crippen LogP contribution in [0.1, 0.15) is 42.5 Å². The first-order valence-corrected chi connectivity index (χ1v) is 12.0. The van der Waals surface area contributed by atoms with Gasteiger partial charge in [-0.1, -0.05) is 19.3 Å². The normalized spacial score (nSPS) is 14.8. The Balaban J connectivity index is 1.78. The van der Waals surface area contributed by atoms with Gasteiger partial charge in [0.05, 0.1) is 31.8 Å². The highest BCUT2D eigenvalue weighted by atomic mass is 32.2. The molecule has 1 saturated carbocycles. The van der Waals surface area contributed by atoms with E-state index in [2.05, 4.69) is 5.32 Å². The SMILES string of the molecule is COc1ccc(C(=O)Nc2ccc(S(=O)(=O)N(C)C3CCCCC3)cc2)c(OC)c1OC. The van der Waals surface area contributed by atoms with Crippen molar-refractivity contribution in [2.45, 2.75) is 43.0 Å². The third-order valence-corrected chi connectivity index (χ3v) is 7.75. The van der Waals surface area contributed by atoms with Crippen LogP contribution in [0.15, 0.2) is 41.3 Å². The molecule has 32 heavy (non-hydrogen) atoms. The molecule has 0 unspecified atom stereocenters. The molecule has 0 radical (unpaired) electrons. The number of anilines is 1. The van der Waals surface area contributed by atoms with E-state index < -0.39 is 15.9 Å². The fourth-order valence-corrected chi connectivity index (χ4v) is 5.41. The number of methoxy groups -OCH3 is 3. The van der Waals surface area contributed by atoms with Crippen LogP contribution in [0.2, 0.25) is 0 Å². The van der Waals surface area contributed by atoms with Gasteiger partial charge in [0.1, 0.15) is 0 Å². The summed E-state index contributed by atoms with van der Waals surface area (Å²) in [7, 11) is 2.45. The number of rotatable bonds is 8. The first kappa shape index (κ1) is 23.9. The summed E-state index contributed by atoms with van der Waals surface area (Å²) in [5.74, 6) is 0.586. The Hall–Kier alpha value is -2.78. The second-order valence-electron chi connectivity index (χ2n) is 7.67. The van der Waals surface area contributed by atoms with Gasteiger partial charge in [0, 0.05) is 18.8 Å². The Morgan fingerprint density at radius 2 is 1.53 bits per heavy atom. The van der Waals surface area contributed by atoms with E-state index in [1.54, 1.807) is 31.3 Å². The predicted octanol–water partition coefficient (Wildman–Crippen LogP) is 3.92. The Morgan fingerprint density at radius 1 is 0.906 bits per heavy atom. The monoisotopic (exact) mass is 462 g/mol. The minimum Gasteiger partial charge on any atom is -0.493 e. The van der Waals surface area contributed by atoms with Crippen LogP contribution < -0.4 is 19.5 Å². The highest BCUT2D eigenvalue weighted by Gasteiger charge is 2.29. The maximum Gasteiger partial charge on any atom is 0.259 e. The van der Waals surface area contributed by atoms with Gasteiger partial charge in [-0.25, -0.2) is 8.42 Å². The first-order valence-electron chi connectivity index (χ1n) is 10.5. The van der Waals surface area contributed by atoms with Crippen LogP contribution in [0.25, 0.3) is 0 Å². The van der Waals surface area contributed by atoms with Crippen molar-refractivity contribution in [3.8, 4) is 17.2 Å². The first-order chi connectivity index (χ1) is 15.3. The predicted molar refractivity (Wildman–Crippen MR) is 122 cm³/mol. The van der Waals surface area contributed by atoms with Gasteiger partial charge in [0.25, 0.3) is 5.91 Å². The van der Waals surface area contributed by atoms with Gasteiger partial charge < -0.3 is 19.5 Å². The summed E-state index contributed by atoms with van der Waals surface area (Å²) in [6.45, 7) is 0. The van der Waals surface area contributed by atoms with Gasteiger partial charge >= 0.3 is 0 Å². The zero-order chi connectivity index (χ0) is 23.3. The van der Waals surface area contributed by atoms with Gasteiger partial charge in [-0.15, -0.1) is 0 Å². The van der Waals surface area contributed by atoms with Gasteiger partial charge in [0.15, 0.2) is 11.5 Å². The summed E-state index contributed by atoms with van der Waals surface area (Å²) < 4.78 is 43.4. The van der Waals surface area contributed by atoms with E-state index in [9.17, 15) is 13.2 Å². The molecule has 1 aliphatic carbocycles. The molecule has 174 valence electrons. The maximum absolute atomic E-state index is 13.0. The molecule has 0 spiro atoms. The number of hydrogen-bond donors (Lipinski definition) is 1. The second-order valence-corrected chi connectivity index (χ2v) is 9.67.